The van der Waals surface area contributed by atoms with Crippen LogP contribution in [0, 0.1) is 11.3 Å². The van der Waals surface area contributed by atoms with Crippen molar-refractivity contribution in [3.63, 3.8) is 0 Å². The predicted octanol–water partition coefficient (Wildman–Crippen LogP) is 5.95. The molecule has 0 aliphatic heterocycles. The number of hydrogen-bond donors (Lipinski definition) is 0. The molecular formula is C28H20N2O2. The molecule has 0 saturated carbocycles. The van der Waals surface area contributed by atoms with E-state index in [0.717, 1.165) is 51.7 Å². The Kier molecular flexibility index (Phi) is 5.23. The van der Waals surface area contributed by atoms with E-state index in [0.29, 0.717) is 11.1 Å². The summed E-state index contributed by atoms with van der Waals surface area (Å²) in [5.41, 5.74) is 6.92. The van der Waals surface area contributed by atoms with Crippen molar-refractivity contribution in [2.75, 3.05) is 0 Å². The second-order valence-corrected chi connectivity index (χ2v) is 7.80. The van der Waals surface area contributed by atoms with Gasteiger partial charge in [-0.05, 0) is 59.4 Å². The summed E-state index contributed by atoms with van der Waals surface area (Å²) in [6.07, 6.45) is 3.75. The van der Waals surface area contributed by atoms with Gasteiger partial charge in [-0.2, -0.15) is 5.26 Å². The number of pyridine rings is 1. The minimum atomic E-state index is -0.342. The third-order valence-corrected chi connectivity index (χ3v) is 5.74. The van der Waals surface area contributed by atoms with Gasteiger partial charge in [-0.15, -0.1) is 0 Å². The molecule has 1 aliphatic carbocycles. The number of allylic oxidation sites excluding steroid dienone is 1. The number of nitrogens with zero attached hydrogens (tertiary/aromatic N) is 2. The van der Waals surface area contributed by atoms with Crippen molar-refractivity contribution in [1.82, 2.24) is 4.98 Å². The third kappa shape index (κ3) is 3.77. The first-order valence-electron chi connectivity index (χ1n) is 10.6. The molecule has 0 radical (unpaired) electrons. The highest BCUT2D eigenvalue weighted by molar-refractivity contribution is 6.07. The first-order valence-corrected chi connectivity index (χ1v) is 10.6. The van der Waals surface area contributed by atoms with E-state index < -0.39 is 0 Å². The molecule has 1 aliphatic rings. The third-order valence-electron chi connectivity index (χ3n) is 5.74. The molecule has 0 N–H and O–H groups in total. The molecular weight excluding hydrogens is 396 g/mol. The molecule has 1 aromatic heterocycles. The number of esters is 1. The molecule has 0 amide bonds. The SMILES string of the molecule is N#Cc1ccc(COC(=O)c2c3c(nc4ccccc24)C(=Cc2ccccc2)CC3)cc1. The molecule has 4 aromatic rings. The number of rotatable bonds is 4. The number of fused-ring (bicyclic) bond motifs is 2. The minimum Gasteiger partial charge on any atom is -0.457 e. The summed E-state index contributed by atoms with van der Waals surface area (Å²) in [6, 6.07) is 27.0. The highest BCUT2D eigenvalue weighted by Gasteiger charge is 2.27. The molecule has 154 valence electrons. The van der Waals surface area contributed by atoms with Crippen LogP contribution in [0.15, 0.2) is 78.9 Å². The Balaban J connectivity index is 1.52. The van der Waals surface area contributed by atoms with Crippen LogP contribution in [0.3, 0.4) is 0 Å². The van der Waals surface area contributed by atoms with Crippen LogP contribution in [0.25, 0.3) is 22.6 Å². The zero-order valence-electron chi connectivity index (χ0n) is 17.4. The molecule has 5 rings (SSSR count). The molecule has 1 heterocycles. The predicted molar refractivity (Wildman–Crippen MR) is 125 cm³/mol. The molecule has 0 fully saturated rings. The summed E-state index contributed by atoms with van der Waals surface area (Å²) >= 11 is 0. The van der Waals surface area contributed by atoms with E-state index in [4.69, 9.17) is 15.0 Å². The molecule has 0 saturated heterocycles. The van der Waals surface area contributed by atoms with Gasteiger partial charge in [0.2, 0.25) is 0 Å². The molecule has 3 aromatic carbocycles. The van der Waals surface area contributed by atoms with E-state index in [9.17, 15) is 4.79 Å². The van der Waals surface area contributed by atoms with E-state index in [2.05, 4.69) is 24.3 Å². The lowest BCUT2D eigenvalue weighted by molar-refractivity contribution is 0.0474. The number of ether oxygens (including phenoxy) is 1. The molecule has 0 bridgehead atoms. The van der Waals surface area contributed by atoms with Crippen molar-refractivity contribution in [3.8, 4) is 6.07 Å². The second-order valence-electron chi connectivity index (χ2n) is 7.80. The number of carbonyl (C=O) groups excluding carboxylic acids is 1. The quantitative estimate of drug-likeness (QED) is 0.386. The van der Waals surface area contributed by atoms with E-state index in [-0.39, 0.29) is 12.6 Å². The molecule has 0 spiro atoms. The van der Waals surface area contributed by atoms with Gasteiger partial charge in [-0.3, -0.25) is 0 Å². The lowest BCUT2D eigenvalue weighted by Gasteiger charge is -2.12. The zero-order chi connectivity index (χ0) is 21.9. The maximum atomic E-state index is 13.3. The van der Waals surface area contributed by atoms with Crippen LogP contribution in [-0.4, -0.2) is 11.0 Å². The lowest BCUT2D eigenvalue weighted by atomic mass is 10.0. The number of para-hydroxylation sites is 1. The van der Waals surface area contributed by atoms with E-state index in [1.165, 1.54) is 0 Å². The van der Waals surface area contributed by atoms with Crippen molar-refractivity contribution < 1.29 is 9.53 Å². The van der Waals surface area contributed by atoms with Crippen LogP contribution in [0.2, 0.25) is 0 Å². The largest absolute Gasteiger partial charge is 0.457 e. The first kappa shape index (κ1) is 19.7. The number of aromatic nitrogens is 1. The van der Waals surface area contributed by atoms with Gasteiger partial charge in [0.1, 0.15) is 6.61 Å². The Morgan fingerprint density at radius 1 is 0.969 bits per heavy atom. The van der Waals surface area contributed by atoms with Crippen LogP contribution in [0.5, 0.6) is 0 Å². The van der Waals surface area contributed by atoms with Crippen molar-refractivity contribution >= 4 is 28.5 Å². The zero-order valence-corrected chi connectivity index (χ0v) is 17.4. The monoisotopic (exact) mass is 416 g/mol. The Labute approximate surface area is 186 Å². The standard InChI is InChI=1S/C28H20N2O2/c29-17-20-10-12-21(13-11-20)18-32-28(31)26-23-8-4-5-9-25(23)30-27-22(14-15-24(26)27)16-19-6-2-1-3-7-19/h1-13,16H,14-15,18H2. The topological polar surface area (TPSA) is 63.0 Å². The summed E-state index contributed by atoms with van der Waals surface area (Å²) in [5.74, 6) is -0.342. The maximum absolute atomic E-state index is 13.3. The van der Waals surface area contributed by atoms with E-state index >= 15 is 0 Å². The van der Waals surface area contributed by atoms with Crippen molar-refractivity contribution in [3.05, 3.63) is 112 Å². The average Bonchev–Trinajstić information content (AvgIpc) is 3.23. The highest BCUT2D eigenvalue weighted by Crippen LogP contribution is 2.37. The molecule has 4 nitrogen and oxygen atoms in total. The molecule has 4 heteroatoms. The summed E-state index contributed by atoms with van der Waals surface area (Å²) < 4.78 is 5.71. The maximum Gasteiger partial charge on any atom is 0.339 e. The minimum absolute atomic E-state index is 0.155. The Bertz CT molecular complexity index is 1380. The number of nitriles is 1. The van der Waals surface area contributed by atoms with Crippen LogP contribution in [0.1, 0.15) is 44.7 Å². The van der Waals surface area contributed by atoms with Gasteiger partial charge in [0, 0.05) is 5.39 Å². The van der Waals surface area contributed by atoms with Crippen molar-refractivity contribution in [2.24, 2.45) is 0 Å². The highest BCUT2D eigenvalue weighted by atomic mass is 16.5. The summed E-state index contributed by atoms with van der Waals surface area (Å²) in [6.45, 7) is 0.155. The van der Waals surface area contributed by atoms with Gasteiger partial charge >= 0.3 is 5.97 Å². The van der Waals surface area contributed by atoms with Crippen LogP contribution in [0.4, 0.5) is 0 Å². The fraction of sp³-hybridized carbons (Fsp3) is 0.107. The van der Waals surface area contributed by atoms with Gasteiger partial charge < -0.3 is 4.74 Å². The van der Waals surface area contributed by atoms with Crippen LogP contribution >= 0.6 is 0 Å². The van der Waals surface area contributed by atoms with Gasteiger partial charge in [-0.25, -0.2) is 9.78 Å². The average molecular weight is 416 g/mol. The summed E-state index contributed by atoms with van der Waals surface area (Å²) in [4.78, 5) is 18.2. The van der Waals surface area contributed by atoms with Gasteiger partial charge in [0.25, 0.3) is 0 Å². The molecule has 32 heavy (non-hydrogen) atoms. The van der Waals surface area contributed by atoms with Gasteiger partial charge in [0.05, 0.1) is 28.4 Å². The smallest absolute Gasteiger partial charge is 0.339 e. The first-order chi connectivity index (χ1) is 15.7. The number of benzene rings is 3. The Morgan fingerprint density at radius 2 is 1.72 bits per heavy atom. The van der Waals surface area contributed by atoms with Gasteiger partial charge in [0.15, 0.2) is 0 Å². The normalized spacial score (nSPS) is 13.7. The van der Waals surface area contributed by atoms with E-state index in [1.807, 2.05) is 54.6 Å². The molecule has 0 atom stereocenters. The van der Waals surface area contributed by atoms with Crippen molar-refractivity contribution in [1.29, 1.82) is 5.26 Å². The second kappa shape index (κ2) is 8.49. The fourth-order valence-electron chi connectivity index (χ4n) is 4.16. The van der Waals surface area contributed by atoms with E-state index in [1.54, 1.807) is 12.1 Å². The summed E-state index contributed by atoms with van der Waals surface area (Å²) in [7, 11) is 0. The van der Waals surface area contributed by atoms with Crippen LogP contribution in [-0.2, 0) is 17.8 Å². The van der Waals surface area contributed by atoms with Crippen LogP contribution < -0.4 is 0 Å². The lowest BCUT2D eigenvalue weighted by Crippen LogP contribution is -2.10. The van der Waals surface area contributed by atoms with Gasteiger partial charge in [-0.1, -0.05) is 60.7 Å². The number of carbonyl (C=O) groups is 1. The number of hydrogen-bond acceptors (Lipinski definition) is 4. The fourth-order valence-corrected chi connectivity index (χ4v) is 4.16. The summed E-state index contributed by atoms with van der Waals surface area (Å²) in [5, 5.41) is 9.77. The Hall–Kier alpha value is -4.23. The molecule has 0 unspecified atom stereocenters. The Morgan fingerprint density at radius 3 is 2.50 bits per heavy atom. The van der Waals surface area contributed by atoms with Crippen molar-refractivity contribution in [2.45, 2.75) is 19.4 Å².